The molecule has 1 aliphatic heterocycles. The van der Waals surface area contributed by atoms with Gasteiger partial charge in [-0.15, -0.1) is 0 Å². The molecule has 0 unspecified atom stereocenters. The van der Waals surface area contributed by atoms with Crippen molar-refractivity contribution < 1.29 is 24.6 Å². The van der Waals surface area contributed by atoms with E-state index in [1.165, 1.54) is 12.1 Å². The molecule has 0 radical (unpaired) electrons. The summed E-state index contributed by atoms with van der Waals surface area (Å²) >= 11 is 0. The number of anilines is 1. The summed E-state index contributed by atoms with van der Waals surface area (Å²) in [6.45, 7) is 4.02. The molecule has 1 amide bonds. The SMILES string of the molecule is CC(C)N1Cc2ccc(C(=O)O)cc2N[C@H](CC(=O)O)C1=O. The number of aromatic carboxylic acids is 1. The first kappa shape index (κ1) is 15.8. The number of fused-ring (bicyclic) bond motifs is 1. The van der Waals surface area contributed by atoms with Gasteiger partial charge in [-0.3, -0.25) is 9.59 Å². The van der Waals surface area contributed by atoms with E-state index in [1.807, 2.05) is 13.8 Å². The number of nitrogens with zero attached hydrogens (tertiary/aromatic N) is 1. The number of carboxylic acids is 2. The molecule has 1 aromatic carbocycles. The number of carboxylic acid groups (broad SMARTS) is 2. The topological polar surface area (TPSA) is 107 Å². The van der Waals surface area contributed by atoms with Crippen LogP contribution >= 0.6 is 0 Å². The molecule has 118 valence electrons. The highest BCUT2D eigenvalue weighted by atomic mass is 16.4. The first-order valence-electron chi connectivity index (χ1n) is 6.94. The maximum Gasteiger partial charge on any atom is 0.335 e. The van der Waals surface area contributed by atoms with Crippen molar-refractivity contribution in [3.63, 3.8) is 0 Å². The molecule has 0 fully saturated rings. The smallest absolute Gasteiger partial charge is 0.335 e. The van der Waals surface area contributed by atoms with E-state index >= 15 is 0 Å². The number of hydrogen-bond donors (Lipinski definition) is 3. The van der Waals surface area contributed by atoms with Crippen LogP contribution in [0, 0.1) is 0 Å². The van der Waals surface area contributed by atoms with Crippen molar-refractivity contribution in [3.8, 4) is 0 Å². The molecule has 2 rings (SSSR count). The van der Waals surface area contributed by atoms with Crippen LogP contribution in [0.3, 0.4) is 0 Å². The van der Waals surface area contributed by atoms with Gasteiger partial charge in [0.25, 0.3) is 0 Å². The van der Waals surface area contributed by atoms with E-state index in [0.29, 0.717) is 12.2 Å². The lowest BCUT2D eigenvalue weighted by Gasteiger charge is -2.27. The average molecular weight is 306 g/mol. The zero-order chi connectivity index (χ0) is 16.4. The summed E-state index contributed by atoms with van der Waals surface area (Å²) in [5, 5.41) is 20.9. The Morgan fingerprint density at radius 2 is 2.05 bits per heavy atom. The quantitative estimate of drug-likeness (QED) is 0.776. The van der Waals surface area contributed by atoms with Crippen molar-refractivity contribution >= 4 is 23.5 Å². The van der Waals surface area contributed by atoms with Crippen molar-refractivity contribution in [2.24, 2.45) is 0 Å². The molecule has 0 spiro atoms. The monoisotopic (exact) mass is 306 g/mol. The van der Waals surface area contributed by atoms with E-state index in [4.69, 9.17) is 10.2 Å². The third-order valence-electron chi connectivity index (χ3n) is 3.61. The summed E-state index contributed by atoms with van der Waals surface area (Å²) in [5.74, 6) is -2.46. The molecule has 0 bridgehead atoms. The number of nitrogens with one attached hydrogen (secondary N) is 1. The predicted octanol–water partition coefficient (Wildman–Crippen LogP) is 1.39. The van der Waals surface area contributed by atoms with Gasteiger partial charge in [0.2, 0.25) is 5.91 Å². The number of benzene rings is 1. The second-order valence-electron chi connectivity index (χ2n) is 5.53. The van der Waals surface area contributed by atoms with Crippen LogP contribution in [-0.4, -0.2) is 45.0 Å². The molecular formula is C15H18N2O5. The lowest BCUT2D eigenvalue weighted by molar-refractivity contribution is -0.142. The molecule has 7 heteroatoms. The largest absolute Gasteiger partial charge is 0.481 e. The molecular weight excluding hydrogens is 288 g/mol. The van der Waals surface area contributed by atoms with Crippen LogP contribution in [0.25, 0.3) is 0 Å². The van der Waals surface area contributed by atoms with Gasteiger partial charge in [-0.2, -0.15) is 0 Å². The Hall–Kier alpha value is -2.57. The van der Waals surface area contributed by atoms with E-state index in [9.17, 15) is 14.4 Å². The first-order chi connectivity index (χ1) is 10.3. The van der Waals surface area contributed by atoms with Gasteiger partial charge in [0.15, 0.2) is 0 Å². The average Bonchev–Trinajstić information content (AvgIpc) is 2.55. The van der Waals surface area contributed by atoms with Crippen molar-refractivity contribution in [2.75, 3.05) is 5.32 Å². The third kappa shape index (κ3) is 3.19. The highest BCUT2D eigenvalue weighted by molar-refractivity contribution is 5.92. The minimum absolute atomic E-state index is 0.0873. The van der Waals surface area contributed by atoms with E-state index < -0.39 is 18.0 Å². The van der Waals surface area contributed by atoms with Crippen LogP contribution in [0.4, 0.5) is 5.69 Å². The Bertz CT molecular complexity index is 626. The lowest BCUT2D eigenvalue weighted by Crippen LogP contribution is -2.44. The summed E-state index contributed by atoms with van der Waals surface area (Å²) < 4.78 is 0. The second-order valence-corrected chi connectivity index (χ2v) is 5.53. The third-order valence-corrected chi connectivity index (χ3v) is 3.61. The van der Waals surface area contributed by atoms with Crippen LogP contribution < -0.4 is 5.32 Å². The van der Waals surface area contributed by atoms with Crippen LogP contribution in [0.15, 0.2) is 18.2 Å². The summed E-state index contributed by atoms with van der Waals surface area (Å²) in [4.78, 5) is 36.1. The van der Waals surface area contributed by atoms with E-state index in [1.54, 1.807) is 11.0 Å². The van der Waals surface area contributed by atoms with Gasteiger partial charge in [-0.25, -0.2) is 4.79 Å². The van der Waals surface area contributed by atoms with E-state index in [-0.39, 0.29) is 23.9 Å². The molecule has 3 N–H and O–H groups in total. The zero-order valence-corrected chi connectivity index (χ0v) is 12.4. The number of rotatable bonds is 4. The fourth-order valence-corrected chi connectivity index (χ4v) is 2.44. The molecule has 0 saturated carbocycles. The maximum atomic E-state index is 12.5. The minimum Gasteiger partial charge on any atom is -0.481 e. The van der Waals surface area contributed by atoms with E-state index in [2.05, 4.69) is 5.32 Å². The van der Waals surface area contributed by atoms with Crippen molar-refractivity contribution in [1.82, 2.24) is 4.90 Å². The number of hydrogen-bond acceptors (Lipinski definition) is 4. The van der Waals surface area contributed by atoms with Gasteiger partial charge in [0, 0.05) is 18.3 Å². The molecule has 0 aromatic heterocycles. The highest BCUT2D eigenvalue weighted by Gasteiger charge is 2.32. The van der Waals surface area contributed by atoms with Crippen molar-refractivity contribution in [3.05, 3.63) is 29.3 Å². The fraction of sp³-hybridized carbons (Fsp3) is 0.400. The second kappa shape index (κ2) is 6.05. The Labute approximate surface area is 127 Å². The van der Waals surface area contributed by atoms with Crippen LogP contribution in [-0.2, 0) is 16.1 Å². The Balaban J connectivity index is 2.45. The van der Waals surface area contributed by atoms with Crippen molar-refractivity contribution in [1.29, 1.82) is 0 Å². The minimum atomic E-state index is -1.09. The number of carbonyl (C=O) groups excluding carboxylic acids is 1. The Kier molecular flexibility index (Phi) is 4.35. The molecule has 7 nitrogen and oxygen atoms in total. The lowest BCUT2D eigenvalue weighted by atomic mass is 10.1. The van der Waals surface area contributed by atoms with Crippen LogP contribution in [0.1, 0.15) is 36.2 Å². The molecule has 0 saturated heterocycles. The molecule has 1 atom stereocenters. The number of carbonyl (C=O) groups is 3. The van der Waals surface area contributed by atoms with Crippen molar-refractivity contribution in [2.45, 2.75) is 38.9 Å². The number of amides is 1. The maximum absolute atomic E-state index is 12.5. The summed E-state index contributed by atoms with van der Waals surface area (Å²) in [5.41, 5.74) is 1.34. The zero-order valence-electron chi connectivity index (χ0n) is 12.4. The van der Waals surface area contributed by atoms with Crippen LogP contribution in [0.5, 0.6) is 0 Å². The highest BCUT2D eigenvalue weighted by Crippen LogP contribution is 2.26. The van der Waals surface area contributed by atoms with Gasteiger partial charge in [-0.1, -0.05) is 6.07 Å². The normalized spacial score (nSPS) is 17.7. The molecule has 1 aliphatic rings. The number of aliphatic carboxylic acids is 1. The molecule has 0 aliphatic carbocycles. The summed E-state index contributed by atoms with van der Waals surface area (Å²) in [6.07, 6.45) is -0.362. The van der Waals surface area contributed by atoms with Gasteiger partial charge >= 0.3 is 11.9 Å². The van der Waals surface area contributed by atoms with Gasteiger partial charge in [0.1, 0.15) is 6.04 Å². The Morgan fingerprint density at radius 3 is 2.59 bits per heavy atom. The molecule has 1 heterocycles. The Morgan fingerprint density at radius 1 is 1.36 bits per heavy atom. The first-order valence-corrected chi connectivity index (χ1v) is 6.94. The molecule has 1 aromatic rings. The van der Waals surface area contributed by atoms with Gasteiger partial charge in [0.05, 0.1) is 12.0 Å². The van der Waals surface area contributed by atoms with E-state index in [0.717, 1.165) is 5.56 Å². The summed E-state index contributed by atoms with van der Waals surface area (Å²) in [6, 6.07) is 3.56. The fourth-order valence-electron chi connectivity index (χ4n) is 2.44. The predicted molar refractivity (Wildman–Crippen MR) is 78.8 cm³/mol. The van der Waals surface area contributed by atoms with Crippen LogP contribution in [0.2, 0.25) is 0 Å². The van der Waals surface area contributed by atoms with Gasteiger partial charge < -0.3 is 20.4 Å². The molecule has 22 heavy (non-hydrogen) atoms. The van der Waals surface area contributed by atoms with Gasteiger partial charge in [-0.05, 0) is 31.5 Å². The standard InChI is InChI=1S/C15H18N2O5/c1-8(2)17-7-10-4-3-9(15(21)22)5-11(10)16-12(14(17)20)6-13(18)19/h3-5,8,12,16H,6-7H2,1-2H3,(H,18,19)(H,21,22)/t12-/m1/s1. The summed E-state index contributed by atoms with van der Waals surface area (Å²) in [7, 11) is 0.